The van der Waals surface area contributed by atoms with Gasteiger partial charge in [-0.15, -0.1) is 0 Å². The summed E-state index contributed by atoms with van der Waals surface area (Å²) in [6.45, 7) is 0. The van der Waals surface area contributed by atoms with Gasteiger partial charge in [0.25, 0.3) is 0 Å². The van der Waals surface area contributed by atoms with Gasteiger partial charge in [0.05, 0.1) is 10.9 Å². The van der Waals surface area contributed by atoms with Gasteiger partial charge in [0.1, 0.15) is 22.4 Å². The molecule has 8 aromatic rings. The van der Waals surface area contributed by atoms with Gasteiger partial charge < -0.3 is 8.83 Å². The van der Waals surface area contributed by atoms with Crippen LogP contribution in [0.2, 0.25) is 0 Å². The number of benzene rings is 3. The summed E-state index contributed by atoms with van der Waals surface area (Å²) in [5.74, 6) is 0. The Labute approximate surface area is 174 Å². The van der Waals surface area contributed by atoms with Gasteiger partial charge in [0.2, 0.25) is 0 Å². The maximum atomic E-state index is 6.64. The fraction of sp³-hybridized carbons (Fsp3) is 0. The fourth-order valence-electron chi connectivity index (χ4n) is 5.04. The molecule has 0 atom stereocenters. The van der Waals surface area contributed by atoms with Crippen LogP contribution >= 0.6 is 0 Å². The largest absolute Gasteiger partial charge is 0.456 e. The highest BCUT2D eigenvalue weighted by atomic mass is 16.3. The maximum Gasteiger partial charge on any atom is 0.160 e. The van der Waals surface area contributed by atoms with Gasteiger partial charge in [-0.2, -0.15) is 0 Å². The number of fused-ring (bicyclic) bond motifs is 14. The Morgan fingerprint density at radius 2 is 1.52 bits per heavy atom. The molecule has 0 N–H and O–H groups in total. The van der Waals surface area contributed by atoms with Crippen LogP contribution in [0, 0.1) is 0 Å². The van der Waals surface area contributed by atoms with Crippen molar-refractivity contribution in [3.63, 3.8) is 0 Å². The van der Waals surface area contributed by atoms with Crippen LogP contribution in [0.5, 0.6) is 0 Å². The molecule has 0 spiro atoms. The Morgan fingerprint density at radius 3 is 2.52 bits per heavy atom. The van der Waals surface area contributed by atoms with Crippen LogP contribution in [0.4, 0.5) is 0 Å². The van der Waals surface area contributed by atoms with Crippen molar-refractivity contribution in [2.45, 2.75) is 0 Å². The van der Waals surface area contributed by atoms with Crippen LogP contribution < -0.4 is 0 Å². The number of rotatable bonds is 0. The zero-order chi connectivity index (χ0) is 20.1. The minimum absolute atomic E-state index is 0.833. The van der Waals surface area contributed by atoms with Gasteiger partial charge in [0, 0.05) is 57.1 Å². The first-order valence-electron chi connectivity index (χ1n) is 10.2. The first-order chi connectivity index (χ1) is 15.4. The summed E-state index contributed by atoms with van der Waals surface area (Å²) in [5, 5.41) is 7.47. The van der Waals surface area contributed by atoms with E-state index in [1.807, 2.05) is 55.1 Å². The number of hydrogen-bond acceptors (Lipinski definition) is 4. The van der Waals surface area contributed by atoms with Gasteiger partial charge in [-0.1, -0.05) is 24.3 Å². The Balaban J connectivity index is 1.68. The lowest BCUT2D eigenvalue weighted by Crippen LogP contribution is -1.91. The lowest BCUT2D eigenvalue weighted by molar-refractivity contribution is 0.663. The predicted octanol–water partition coefficient (Wildman–Crippen LogP) is 6.83. The van der Waals surface area contributed by atoms with E-state index in [2.05, 4.69) is 38.6 Å². The second-order valence-corrected chi connectivity index (χ2v) is 7.90. The van der Waals surface area contributed by atoms with E-state index in [4.69, 9.17) is 8.83 Å². The molecular weight excluding hydrogens is 386 g/mol. The van der Waals surface area contributed by atoms with Crippen molar-refractivity contribution in [3.8, 4) is 0 Å². The fourth-order valence-corrected chi connectivity index (χ4v) is 5.04. The Hall–Kier alpha value is -4.38. The van der Waals surface area contributed by atoms with Gasteiger partial charge in [-0.25, -0.2) is 4.98 Å². The van der Waals surface area contributed by atoms with E-state index in [0.29, 0.717) is 0 Å². The highest BCUT2D eigenvalue weighted by Gasteiger charge is 2.19. The molecule has 0 amide bonds. The lowest BCUT2D eigenvalue weighted by Gasteiger charge is -2.08. The van der Waals surface area contributed by atoms with Crippen molar-refractivity contribution in [1.82, 2.24) is 14.4 Å². The van der Waals surface area contributed by atoms with E-state index in [9.17, 15) is 0 Å². The molecule has 0 aliphatic rings. The summed E-state index contributed by atoms with van der Waals surface area (Å²) in [4.78, 5) is 8.98. The van der Waals surface area contributed by atoms with Crippen molar-refractivity contribution in [2.24, 2.45) is 0 Å². The smallest absolute Gasteiger partial charge is 0.160 e. The van der Waals surface area contributed by atoms with Gasteiger partial charge in [-0.05, 0) is 30.3 Å². The highest BCUT2D eigenvalue weighted by molar-refractivity contribution is 6.26. The van der Waals surface area contributed by atoms with Crippen molar-refractivity contribution in [3.05, 3.63) is 79.4 Å². The molecule has 5 nitrogen and oxygen atoms in total. The Kier molecular flexibility index (Phi) is 2.60. The normalized spacial score (nSPS) is 12.5. The molecular formula is C26H13N3O2. The number of nitrogens with zero attached hydrogens (tertiary/aromatic N) is 3. The molecule has 0 saturated carbocycles. The molecule has 0 fully saturated rings. The minimum atomic E-state index is 0.833. The molecule has 31 heavy (non-hydrogen) atoms. The van der Waals surface area contributed by atoms with Crippen LogP contribution in [0.25, 0.3) is 71.2 Å². The van der Waals surface area contributed by atoms with Crippen molar-refractivity contribution < 1.29 is 8.83 Å². The van der Waals surface area contributed by atoms with Crippen LogP contribution in [-0.4, -0.2) is 14.4 Å². The summed E-state index contributed by atoms with van der Waals surface area (Å²) in [5.41, 5.74) is 5.30. The first-order valence-corrected chi connectivity index (χ1v) is 10.2. The zero-order valence-corrected chi connectivity index (χ0v) is 16.2. The Morgan fingerprint density at radius 1 is 0.645 bits per heavy atom. The zero-order valence-electron chi connectivity index (χ0n) is 16.2. The molecule has 5 heteroatoms. The molecule has 0 aliphatic heterocycles. The van der Waals surface area contributed by atoms with E-state index in [-0.39, 0.29) is 0 Å². The molecule has 3 aromatic carbocycles. The summed E-state index contributed by atoms with van der Waals surface area (Å²) < 4.78 is 14.8. The molecule has 0 radical (unpaired) electrons. The summed E-state index contributed by atoms with van der Waals surface area (Å²) in [7, 11) is 0. The SMILES string of the molecule is c1ccc2c(c1)oc1ccc3c4ccc5c6cnccc6c6nccn6c5c4oc3c12. The average Bonchev–Trinajstić information content (AvgIpc) is 3.53. The number of imidazole rings is 1. The number of aromatic nitrogens is 3. The third-order valence-electron chi connectivity index (χ3n) is 6.36. The molecule has 0 unspecified atom stereocenters. The van der Waals surface area contributed by atoms with Crippen LogP contribution in [0.1, 0.15) is 0 Å². The number of pyridine rings is 2. The topological polar surface area (TPSA) is 56.5 Å². The standard InChI is InChI=1S/C26H13N3O2/c1-2-4-20-18(3-1)22-21(30-20)8-7-15-16-6-5-14-19-13-27-10-9-17(19)26-28-11-12-29(26)23(14)25(16)31-24(15)22/h1-13H. The van der Waals surface area contributed by atoms with Crippen molar-refractivity contribution in [1.29, 1.82) is 0 Å². The van der Waals surface area contributed by atoms with Crippen molar-refractivity contribution >= 4 is 71.2 Å². The minimum Gasteiger partial charge on any atom is -0.456 e. The van der Waals surface area contributed by atoms with E-state index >= 15 is 0 Å². The van der Waals surface area contributed by atoms with Gasteiger partial charge >= 0.3 is 0 Å². The first kappa shape index (κ1) is 15.5. The number of hydrogen-bond donors (Lipinski definition) is 0. The molecule has 8 rings (SSSR count). The number of furan rings is 2. The van der Waals surface area contributed by atoms with Crippen LogP contribution in [0.15, 0.2) is 88.2 Å². The van der Waals surface area contributed by atoms with E-state index < -0.39 is 0 Å². The summed E-state index contributed by atoms with van der Waals surface area (Å²) in [6, 6.07) is 18.5. The molecule has 144 valence electrons. The molecule has 0 aliphatic carbocycles. The summed E-state index contributed by atoms with van der Waals surface area (Å²) in [6.07, 6.45) is 7.54. The average molecular weight is 399 g/mol. The molecule has 0 bridgehead atoms. The second-order valence-electron chi connectivity index (χ2n) is 7.90. The highest BCUT2D eigenvalue weighted by Crippen LogP contribution is 2.42. The van der Waals surface area contributed by atoms with Gasteiger partial charge in [-0.3, -0.25) is 9.38 Å². The van der Waals surface area contributed by atoms with E-state index in [0.717, 1.165) is 71.2 Å². The number of para-hydroxylation sites is 1. The third kappa shape index (κ3) is 1.78. The second kappa shape index (κ2) is 5.21. The lowest BCUT2D eigenvalue weighted by atomic mass is 10.0. The molecule has 0 saturated heterocycles. The Bertz CT molecular complexity index is 2010. The van der Waals surface area contributed by atoms with Gasteiger partial charge in [0.15, 0.2) is 5.58 Å². The summed E-state index contributed by atoms with van der Waals surface area (Å²) >= 11 is 0. The predicted molar refractivity (Wildman–Crippen MR) is 123 cm³/mol. The third-order valence-corrected chi connectivity index (χ3v) is 6.36. The van der Waals surface area contributed by atoms with Crippen LogP contribution in [-0.2, 0) is 0 Å². The van der Waals surface area contributed by atoms with E-state index in [1.54, 1.807) is 0 Å². The molecule has 5 aromatic heterocycles. The van der Waals surface area contributed by atoms with Crippen LogP contribution in [0.3, 0.4) is 0 Å². The maximum absolute atomic E-state index is 6.64. The van der Waals surface area contributed by atoms with Crippen molar-refractivity contribution in [2.75, 3.05) is 0 Å². The monoisotopic (exact) mass is 399 g/mol. The quantitative estimate of drug-likeness (QED) is 0.262. The van der Waals surface area contributed by atoms with E-state index in [1.165, 1.54) is 0 Å². The molecule has 5 heterocycles.